The Morgan fingerprint density at radius 1 is 1.07 bits per heavy atom. The van der Waals surface area contributed by atoms with E-state index in [2.05, 4.69) is 0 Å². The lowest BCUT2D eigenvalue weighted by Crippen LogP contribution is -2.49. The van der Waals surface area contributed by atoms with Crippen LogP contribution in [0.1, 0.15) is 20.3 Å². The van der Waals surface area contributed by atoms with E-state index in [1.807, 2.05) is 61.5 Å². The molecule has 0 radical (unpaired) electrons. The van der Waals surface area contributed by atoms with Crippen LogP contribution in [0.25, 0.3) is 11.1 Å². The van der Waals surface area contributed by atoms with Crippen LogP contribution < -0.4 is 4.74 Å². The standard InChI is InChI=1S/C22H25NO4/c1-15-14-23(13-12-20(15)22(25)26)21(24)16(2)27-19-10-8-18(9-11-19)17-6-4-3-5-7-17/h3-11,15-16,20H,12-14H2,1-2H3,(H,25,26). The fourth-order valence-corrected chi connectivity index (χ4v) is 3.58. The number of piperidine rings is 1. The number of aliphatic carboxylic acids is 1. The number of hydrogen-bond donors (Lipinski definition) is 1. The first kappa shape index (κ1) is 19.0. The van der Waals surface area contributed by atoms with Gasteiger partial charge in [0.1, 0.15) is 5.75 Å². The van der Waals surface area contributed by atoms with Crippen molar-refractivity contribution in [3.05, 3.63) is 54.6 Å². The van der Waals surface area contributed by atoms with Crippen molar-refractivity contribution in [2.24, 2.45) is 11.8 Å². The Kier molecular flexibility index (Phi) is 5.79. The van der Waals surface area contributed by atoms with Gasteiger partial charge in [-0.2, -0.15) is 0 Å². The van der Waals surface area contributed by atoms with E-state index in [1.54, 1.807) is 11.8 Å². The number of carbonyl (C=O) groups excluding carboxylic acids is 1. The molecule has 1 saturated heterocycles. The van der Waals surface area contributed by atoms with Gasteiger partial charge in [0, 0.05) is 13.1 Å². The van der Waals surface area contributed by atoms with Crippen molar-refractivity contribution < 1.29 is 19.4 Å². The zero-order valence-electron chi connectivity index (χ0n) is 15.7. The summed E-state index contributed by atoms with van der Waals surface area (Å²) in [5.74, 6) is -0.674. The summed E-state index contributed by atoms with van der Waals surface area (Å²) in [7, 11) is 0. The monoisotopic (exact) mass is 367 g/mol. The number of ether oxygens (including phenoxy) is 1. The molecule has 3 atom stereocenters. The van der Waals surface area contributed by atoms with Crippen LogP contribution >= 0.6 is 0 Å². The van der Waals surface area contributed by atoms with E-state index in [9.17, 15) is 14.7 Å². The molecule has 3 rings (SSSR count). The summed E-state index contributed by atoms with van der Waals surface area (Å²) < 4.78 is 5.82. The summed E-state index contributed by atoms with van der Waals surface area (Å²) in [6, 6.07) is 17.7. The fraction of sp³-hybridized carbons (Fsp3) is 0.364. The maximum atomic E-state index is 12.7. The molecule has 1 fully saturated rings. The molecule has 5 nitrogen and oxygen atoms in total. The molecule has 0 saturated carbocycles. The number of benzene rings is 2. The predicted octanol–water partition coefficient (Wildman–Crippen LogP) is 3.69. The van der Waals surface area contributed by atoms with Crippen LogP contribution in [0.2, 0.25) is 0 Å². The number of carboxylic acid groups (broad SMARTS) is 1. The van der Waals surface area contributed by atoms with E-state index in [0.29, 0.717) is 25.3 Å². The molecule has 5 heteroatoms. The van der Waals surface area contributed by atoms with Crippen LogP contribution in [-0.2, 0) is 9.59 Å². The first-order valence-electron chi connectivity index (χ1n) is 9.29. The Morgan fingerprint density at radius 2 is 1.70 bits per heavy atom. The Hall–Kier alpha value is -2.82. The molecule has 27 heavy (non-hydrogen) atoms. The molecule has 1 amide bonds. The number of nitrogens with zero attached hydrogens (tertiary/aromatic N) is 1. The Labute approximate surface area is 159 Å². The van der Waals surface area contributed by atoms with Crippen molar-refractivity contribution in [3.8, 4) is 16.9 Å². The third-order valence-corrected chi connectivity index (χ3v) is 5.16. The lowest BCUT2D eigenvalue weighted by molar-refractivity contribution is -0.150. The van der Waals surface area contributed by atoms with Crippen molar-refractivity contribution in [2.75, 3.05) is 13.1 Å². The molecule has 1 heterocycles. The van der Waals surface area contributed by atoms with Crippen LogP contribution in [0.3, 0.4) is 0 Å². The van der Waals surface area contributed by atoms with E-state index >= 15 is 0 Å². The summed E-state index contributed by atoms with van der Waals surface area (Å²) >= 11 is 0. The van der Waals surface area contributed by atoms with Gasteiger partial charge in [-0.3, -0.25) is 9.59 Å². The second kappa shape index (κ2) is 8.25. The number of rotatable bonds is 5. The lowest BCUT2D eigenvalue weighted by Gasteiger charge is -2.36. The van der Waals surface area contributed by atoms with Crippen molar-refractivity contribution >= 4 is 11.9 Å². The molecule has 3 unspecified atom stereocenters. The molecule has 0 aliphatic carbocycles. The maximum absolute atomic E-state index is 12.7. The third kappa shape index (κ3) is 4.48. The van der Waals surface area contributed by atoms with Gasteiger partial charge in [-0.05, 0) is 42.5 Å². The highest BCUT2D eigenvalue weighted by molar-refractivity contribution is 5.81. The zero-order valence-corrected chi connectivity index (χ0v) is 15.7. The minimum Gasteiger partial charge on any atom is -0.481 e. The molecule has 1 aliphatic heterocycles. The van der Waals surface area contributed by atoms with Crippen LogP contribution in [-0.4, -0.2) is 41.1 Å². The highest BCUT2D eigenvalue weighted by atomic mass is 16.5. The van der Waals surface area contributed by atoms with Gasteiger partial charge in [-0.25, -0.2) is 0 Å². The van der Waals surface area contributed by atoms with Gasteiger partial charge in [0.2, 0.25) is 0 Å². The summed E-state index contributed by atoms with van der Waals surface area (Å²) in [5, 5.41) is 9.21. The van der Waals surface area contributed by atoms with Crippen molar-refractivity contribution in [3.63, 3.8) is 0 Å². The topological polar surface area (TPSA) is 66.8 Å². The smallest absolute Gasteiger partial charge is 0.306 e. The molecule has 1 N–H and O–H groups in total. The number of carboxylic acids is 1. The summed E-state index contributed by atoms with van der Waals surface area (Å²) in [4.78, 5) is 25.6. The van der Waals surface area contributed by atoms with E-state index in [4.69, 9.17) is 4.74 Å². The van der Waals surface area contributed by atoms with Gasteiger partial charge in [0.25, 0.3) is 5.91 Å². The molecular weight excluding hydrogens is 342 g/mol. The second-order valence-electron chi connectivity index (χ2n) is 7.15. The van der Waals surface area contributed by atoms with Gasteiger partial charge in [-0.1, -0.05) is 49.4 Å². The van der Waals surface area contributed by atoms with Gasteiger partial charge in [0.15, 0.2) is 6.10 Å². The van der Waals surface area contributed by atoms with E-state index < -0.39 is 12.1 Å². The van der Waals surface area contributed by atoms with Crippen LogP contribution in [0.15, 0.2) is 54.6 Å². The predicted molar refractivity (Wildman–Crippen MR) is 103 cm³/mol. The number of amides is 1. The SMILES string of the molecule is CC(Oc1ccc(-c2ccccc2)cc1)C(=O)N1CCC(C(=O)O)C(C)C1. The Bertz CT molecular complexity index is 788. The van der Waals surface area contributed by atoms with E-state index in [0.717, 1.165) is 11.1 Å². The normalized spacial score (nSPS) is 20.7. The van der Waals surface area contributed by atoms with Gasteiger partial charge in [0.05, 0.1) is 5.92 Å². The van der Waals surface area contributed by atoms with E-state index in [-0.39, 0.29) is 17.7 Å². The molecule has 142 valence electrons. The Balaban J connectivity index is 1.59. The largest absolute Gasteiger partial charge is 0.481 e. The second-order valence-corrected chi connectivity index (χ2v) is 7.15. The quantitative estimate of drug-likeness (QED) is 0.875. The highest BCUT2D eigenvalue weighted by Gasteiger charge is 2.34. The third-order valence-electron chi connectivity index (χ3n) is 5.16. The zero-order chi connectivity index (χ0) is 19.4. The van der Waals surface area contributed by atoms with Crippen LogP contribution in [0.5, 0.6) is 5.75 Å². The van der Waals surface area contributed by atoms with Crippen LogP contribution in [0.4, 0.5) is 0 Å². The van der Waals surface area contributed by atoms with E-state index in [1.165, 1.54) is 0 Å². The van der Waals surface area contributed by atoms with Crippen LogP contribution in [0, 0.1) is 11.8 Å². The molecule has 0 bridgehead atoms. The average Bonchev–Trinajstić information content (AvgIpc) is 2.68. The van der Waals surface area contributed by atoms with Crippen molar-refractivity contribution in [1.82, 2.24) is 4.90 Å². The molecule has 0 aromatic heterocycles. The minimum absolute atomic E-state index is 0.0578. The maximum Gasteiger partial charge on any atom is 0.306 e. The summed E-state index contributed by atoms with van der Waals surface area (Å²) in [6.07, 6.45) is -0.123. The van der Waals surface area contributed by atoms with Gasteiger partial charge >= 0.3 is 5.97 Å². The fourth-order valence-electron chi connectivity index (χ4n) is 3.58. The molecule has 2 aromatic carbocycles. The van der Waals surface area contributed by atoms with Gasteiger partial charge < -0.3 is 14.7 Å². The number of likely N-dealkylation sites (tertiary alicyclic amines) is 1. The summed E-state index contributed by atoms with van der Waals surface area (Å²) in [5.41, 5.74) is 2.22. The lowest BCUT2D eigenvalue weighted by atomic mass is 9.87. The Morgan fingerprint density at radius 3 is 2.30 bits per heavy atom. The van der Waals surface area contributed by atoms with Crippen molar-refractivity contribution in [1.29, 1.82) is 0 Å². The van der Waals surface area contributed by atoms with Crippen molar-refractivity contribution in [2.45, 2.75) is 26.4 Å². The molecule has 2 aromatic rings. The molecular formula is C22H25NO4. The average molecular weight is 367 g/mol. The number of carbonyl (C=O) groups is 2. The minimum atomic E-state index is -0.780. The molecule has 1 aliphatic rings. The first-order chi connectivity index (χ1) is 13.0. The first-order valence-corrected chi connectivity index (χ1v) is 9.29. The number of hydrogen-bond acceptors (Lipinski definition) is 3. The van der Waals surface area contributed by atoms with Gasteiger partial charge in [-0.15, -0.1) is 0 Å². The highest BCUT2D eigenvalue weighted by Crippen LogP contribution is 2.25. The summed E-state index contributed by atoms with van der Waals surface area (Å²) in [6.45, 7) is 4.53. The molecule has 0 spiro atoms.